The second-order valence-corrected chi connectivity index (χ2v) is 4.19. The Balaban J connectivity index is 2.42. The molecule has 0 saturated carbocycles. The molecule has 1 atom stereocenters. The first-order chi connectivity index (χ1) is 6.77. The van der Waals surface area contributed by atoms with Crippen molar-refractivity contribution in [3.63, 3.8) is 0 Å². The largest absolute Gasteiger partial charge is 0.374 e. The van der Waals surface area contributed by atoms with Crippen molar-refractivity contribution in [1.82, 2.24) is 15.5 Å². The summed E-state index contributed by atoms with van der Waals surface area (Å²) >= 11 is 1.61. The van der Waals surface area contributed by atoms with Gasteiger partial charge in [0.05, 0.1) is 6.04 Å². The van der Waals surface area contributed by atoms with E-state index < -0.39 is 0 Å². The molecule has 14 heavy (non-hydrogen) atoms. The zero-order valence-corrected chi connectivity index (χ0v) is 9.73. The summed E-state index contributed by atoms with van der Waals surface area (Å²) in [5.74, 6) is 0. The zero-order valence-electron chi connectivity index (χ0n) is 8.91. The van der Waals surface area contributed by atoms with Gasteiger partial charge < -0.3 is 10.1 Å². The van der Waals surface area contributed by atoms with E-state index in [9.17, 15) is 0 Å². The fourth-order valence-electron chi connectivity index (χ4n) is 0.927. The molecule has 1 N–H and O–H groups in total. The molecule has 0 bridgehead atoms. The van der Waals surface area contributed by atoms with Crippen LogP contribution in [-0.4, -0.2) is 23.9 Å². The maximum absolute atomic E-state index is 5.38. The van der Waals surface area contributed by atoms with Crippen LogP contribution >= 0.6 is 11.3 Å². The molecule has 0 radical (unpaired) electrons. The SMILES string of the molecule is CCCOCc1nnc(C(C)NC)s1. The molecule has 1 heterocycles. The maximum Gasteiger partial charge on any atom is 0.143 e. The van der Waals surface area contributed by atoms with Crippen LogP contribution in [0.3, 0.4) is 0 Å². The molecule has 80 valence electrons. The molecule has 1 aromatic rings. The van der Waals surface area contributed by atoms with E-state index in [4.69, 9.17) is 4.74 Å². The molecule has 1 rings (SSSR count). The smallest absolute Gasteiger partial charge is 0.143 e. The zero-order chi connectivity index (χ0) is 10.4. The first-order valence-corrected chi connectivity index (χ1v) is 5.66. The van der Waals surface area contributed by atoms with Gasteiger partial charge in [-0.3, -0.25) is 0 Å². The Bertz CT molecular complexity index is 264. The highest BCUT2D eigenvalue weighted by Crippen LogP contribution is 2.17. The van der Waals surface area contributed by atoms with Gasteiger partial charge >= 0.3 is 0 Å². The summed E-state index contributed by atoms with van der Waals surface area (Å²) in [6.07, 6.45) is 1.04. The molecule has 0 amide bonds. The lowest BCUT2D eigenvalue weighted by molar-refractivity contribution is 0.121. The molecule has 1 unspecified atom stereocenters. The Morgan fingerprint density at radius 3 is 2.93 bits per heavy atom. The lowest BCUT2D eigenvalue weighted by atomic mass is 10.4. The summed E-state index contributed by atoms with van der Waals surface area (Å²) in [6, 6.07) is 0.271. The molecular formula is C9H17N3OS. The van der Waals surface area contributed by atoms with Gasteiger partial charge in [-0.2, -0.15) is 0 Å². The third-order valence-electron chi connectivity index (χ3n) is 1.86. The number of hydrogen-bond donors (Lipinski definition) is 1. The van der Waals surface area contributed by atoms with Crippen molar-refractivity contribution in [1.29, 1.82) is 0 Å². The van der Waals surface area contributed by atoms with E-state index >= 15 is 0 Å². The van der Waals surface area contributed by atoms with Crippen LogP contribution in [0.2, 0.25) is 0 Å². The predicted molar refractivity (Wildman–Crippen MR) is 57.3 cm³/mol. The average molecular weight is 215 g/mol. The Morgan fingerprint density at radius 2 is 2.29 bits per heavy atom. The van der Waals surface area contributed by atoms with Crippen LogP contribution in [0, 0.1) is 0 Å². The van der Waals surface area contributed by atoms with Crippen LogP contribution in [-0.2, 0) is 11.3 Å². The number of nitrogens with one attached hydrogen (secondary N) is 1. The molecule has 0 spiro atoms. The number of nitrogens with zero attached hydrogens (tertiary/aromatic N) is 2. The van der Waals surface area contributed by atoms with Crippen molar-refractivity contribution in [2.24, 2.45) is 0 Å². The fourth-order valence-corrected chi connectivity index (χ4v) is 1.77. The van der Waals surface area contributed by atoms with E-state index in [1.54, 1.807) is 11.3 Å². The van der Waals surface area contributed by atoms with Gasteiger partial charge in [-0.05, 0) is 20.4 Å². The van der Waals surface area contributed by atoms with Crippen LogP contribution in [0.15, 0.2) is 0 Å². The van der Waals surface area contributed by atoms with Crippen LogP contribution in [0.5, 0.6) is 0 Å². The lowest BCUT2D eigenvalue weighted by Crippen LogP contribution is -2.11. The van der Waals surface area contributed by atoms with E-state index in [1.165, 1.54) is 0 Å². The van der Waals surface area contributed by atoms with Crippen molar-refractivity contribution in [2.45, 2.75) is 32.9 Å². The predicted octanol–water partition coefficient (Wildman–Crippen LogP) is 1.75. The Kier molecular flexibility index (Phi) is 5.00. The molecule has 0 aliphatic rings. The topological polar surface area (TPSA) is 47.0 Å². The number of aromatic nitrogens is 2. The lowest BCUT2D eigenvalue weighted by Gasteiger charge is -2.02. The van der Waals surface area contributed by atoms with E-state index in [2.05, 4.69) is 29.4 Å². The molecule has 0 saturated heterocycles. The molecule has 0 aliphatic carbocycles. The summed E-state index contributed by atoms with van der Waals surface area (Å²) in [5, 5.41) is 13.3. The summed E-state index contributed by atoms with van der Waals surface area (Å²) in [6.45, 7) is 5.53. The number of hydrogen-bond acceptors (Lipinski definition) is 5. The van der Waals surface area contributed by atoms with E-state index in [-0.39, 0.29) is 6.04 Å². The summed E-state index contributed by atoms with van der Waals surface area (Å²) in [5.41, 5.74) is 0. The van der Waals surface area contributed by atoms with Gasteiger partial charge in [0.1, 0.15) is 16.6 Å². The van der Waals surface area contributed by atoms with Gasteiger partial charge in [0.25, 0.3) is 0 Å². The van der Waals surface area contributed by atoms with Crippen LogP contribution < -0.4 is 5.32 Å². The summed E-state index contributed by atoms with van der Waals surface area (Å²) in [4.78, 5) is 0. The molecule has 0 fully saturated rings. The average Bonchev–Trinajstić information content (AvgIpc) is 2.66. The molecule has 0 aromatic carbocycles. The summed E-state index contributed by atoms with van der Waals surface area (Å²) < 4.78 is 5.38. The fraction of sp³-hybridized carbons (Fsp3) is 0.778. The Morgan fingerprint density at radius 1 is 1.50 bits per heavy atom. The highest BCUT2D eigenvalue weighted by atomic mass is 32.1. The molecule has 1 aromatic heterocycles. The van der Waals surface area contributed by atoms with Crippen LogP contribution in [0.4, 0.5) is 0 Å². The Hall–Kier alpha value is -0.520. The standard InChI is InChI=1S/C9H17N3OS/c1-4-5-13-6-8-11-12-9(14-8)7(2)10-3/h7,10H,4-6H2,1-3H3. The molecule has 5 heteroatoms. The Labute approximate surface area is 88.7 Å². The minimum atomic E-state index is 0.271. The first kappa shape index (κ1) is 11.6. The summed E-state index contributed by atoms with van der Waals surface area (Å²) in [7, 11) is 1.92. The van der Waals surface area contributed by atoms with E-state index in [1.807, 2.05) is 7.05 Å². The highest BCUT2D eigenvalue weighted by molar-refractivity contribution is 7.11. The third-order valence-corrected chi connectivity index (χ3v) is 2.94. The van der Waals surface area contributed by atoms with Gasteiger partial charge in [-0.1, -0.05) is 18.3 Å². The molecule has 0 aliphatic heterocycles. The molecule has 4 nitrogen and oxygen atoms in total. The normalized spacial score (nSPS) is 13.1. The van der Waals surface area contributed by atoms with Gasteiger partial charge in [0.2, 0.25) is 0 Å². The van der Waals surface area contributed by atoms with Crippen molar-refractivity contribution in [3.05, 3.63) is 10.0 Å². The second-order valence-electron chi connectivity index (χ2n) is 3.10. The molecular weight excluding hydrogens is 198 g/mol. The monoisotopic (exact) mass is 215 g/mol. The number of ether oxygens (including phenoxy) is 1. The van der Waals surface area contributed by atoms with Crippen molar-refractivity contribution in [3.8, 4) is 0 Å². The minimum absolute atomic E-state index is 0.271. The van der Waals surface area contributed by atoms with E-state index in [0.717, 1.165) is 23.0 Å². The first-order valence-electron chi connectivity index (χ1n) is 4.85. The highest BCUT2D eigenvalue weighted by Gasteiger charge is 2.09. The van der Waals surface area contributed by atoms with Crippen LogP contribution in [0.1, 0.15) is 36.3 Å². The van der Waals surface area contributed by atoms with Crippen LogP contribution in [0.25, 0.3) is 0 Å². The van der Waals surface area contributed by atoms with Gasteiger partial charge in [-0.15, -0.1) is 10.2 Å². The van der Waals surface area contributed by atoms with Crippen molar-refractivity contribution >= 4 is 11.3 Å². The van der Waals surface area contributed by atoms with Gasteiger partial charge in [-0.25, -0.2) is 0 Å². The van der Waals surface area contributed by atoms with Gasteiger partial charge in [0.15, 0.2) is 0 Å². The number of rotatable bonds is 6. The van der Waals surface area contributed by atoms with Gasteiger partial charge in [0, 0.05) is 6.61 Å². The minimum Gasteiger partial charge on any atom is -0.374 e. The maximum atomic E-state index is 5.38. The second kappa shape index (κ2) is 6.06. The quantitative estimate of drug-likeness (QED) is 0.734. The van der Waals surface area contributed by atoms with Crippen molar-refractivity contribution in [2.75, 3.05) is 13.7 Å². The third kappa shape index (κ3) is 3.32. The van der Waals surface area contributed by atoms with Crippen molar-refractivity contribution < 1.29 is 4.74 Å². The van der Waals surface area contributed by atoms with E-state index in [0.29, 0.717) is 6.61 Å².